The lowest BCUT2D eigenvalue weighted by Gasteiger charge is -2.30. The highest BCUT2D eigenvalue weighted by atomic mass is 19.1. The fourth-order valence-electron chi connectivity index (χ4n) is 2.63. The molecule has 1 aliphatic rings. The zero-order valence-electron chi connectivity index (χ0n) is 11.0. The summed E-state index contributed by atoms with van der Waals surface area (Å²) in [5, 5.41) is 0. The molecular weight excluding hydrogens is 255 g/mol. The van der Waals surface area contributed by atoms with Gasteiger partial charge in [-0.05, 0) is 48.7 Å². The number of carbonyl (C=O) groups excluding carboxylic acids is 1. The molecule has 3 rings (SSSR count). The Morgan fingerprint density at radius 1 is 1.15 bits per heavy atom. The summed E-state index contributed by atoms with van der Waals surface area (Å²) in [7, 11) is 0. The van der Waals surface area contributed by atoms with Gasteiger partial charge in [-0.3, -0.25) is 4.79 Å². The number of nitrogens with zero attached hydrogens (tertiary/aromatic N) is 1. The predicted molar refractivity (Wildman–Crippen MR) is 77.3 cm³/mol. The molecule has 1 aliphatic heterocycles. The van der Waals surface area contributed by atoms with Crippen molar-refractivity contribution in [1.29, 1.82) is 0 Å². The van der Waals surface area contributed by atoms with Gasteiger partial charge in [-0.15, -0.1) is 0 Å². The molecule has 0 atom stereocenters. The maximum atomic E-state index is 13.0. The molecule has 0 aromatic heterocycles. The monoisotopic (exact) mass is 270 g/mol. The highest BCUT2D eigenvalue weighted by Gasteiger charge is 2.25. The van der Waals surface area contributed by atoms with Gasteiger partial charge in [0.1, 0.15) is 5.82 Å². The molecule has 2 N–H and O–H groups in total. The van der Waals surface area contributed by atoms with Crippen LogP contribution in [0.2, 0.25) is 0 Å². The van der Waals surface area contributed by atoms with E-state index < -0.39 is 0 Å². The third-order valence-corrected chi connectivity index (χ3v) is 3.58. The van der Waals surface area contributed by atoms with Crippen LogP contribution in [0.1, 0.15) is 22.3 Å². The summed E-state index contributed by atoms with van der Waals surface area (Å²) >= 11 is 0. The summed E-state index contributed by atoms with van der Waals surface area (Å²) in [6.07, 6.45) is 1.83. The van der Waals surface area contributed by atoms with Crippen molar-refractivity contribution in [3.05, 3.63) is 59.4 Å². The number of rotatable bonds is 1. The second-order valence-corrected chi connectivity index (χ2v) is 4.92. The van der Waals surface area contributed by atoms with Gasteiger partial charge in [-0.1, -0.05) is 12.1 Å². The van der Waals surface area contributed by atoms with E-state index in [0.717, 1.165) is 24.1 Å². The number of nitrogens with two attached hydrogens (primary N) is 1. The number of para-hydroxylation sites is 1. The van der Waals surface area contributed by atoms with Crippen LogP contribution in [0.4, 0.5) is 15.8 Å². The third kappa shape index (κ3) is 2.13. The number of fused-ring (bicyclic) bond motifs is 1. The Bertz CT molecular complexity index is 652. The Morgan fingerprint density at radius 2 is 1.90 bits per heavy atom. The van der Waals surface area contributed by atoms with E-state index in [9.17, 15) is 9.18 Å². The quantitative estimate of drug-likeness (QED) is 0.810. The summed E-state index contributed by atoms with van der Waals surface area (Å²) in [6.45, 7) is 0.636. The fourth-order valence-corrected chi connectivity index (χ4v) is 2.63. The van der Waals surface area contributed by atoms with Crippen molar-refractivity contribution in [3.63, 3.8) is 0 Å². The van der Waals surface area contributed by atoms with E-state index in [1.807, 2.05) is 12.1 Å². The van der Waals surface area contributed by atoms with E-state index >= 15 is 0 Å². The van der Waals surface area contributed by atoms with Crippen LogP contribution in [0.15, 0.2) is 42.5 Å². The number of nitrogen functional groups attached to an aromatic ring is 1. The molecule has 0 saturated heterocycles. The van der Waals surface area contributed by atoms with Crippen LogP contribution in [-0.4, -0.2) is 12.5 Å². The zero-order valence-corrected chi connectivity index (χ0v) is 11.0. The van der Waals surface area contributed by atoms with Gasteiger partial charge in [0.25, 0.3) is 5.91 Å². The molecule has 2 aromatic carbocycles. The zero-order chi connectivity index (χ0) is 14.1. The second kappa shape index (κ2) is 4.96. The minimum Gasteiger partial charge on any atom is -0.397 e. The standard InChI is InChI=1S/C16H15FN2O/c17-13-8-6-12(7-9-13)16(20)19-10-2-4-11-3-1-5-14(18)15(11)19/h1,3,5-9H,2,4,10,18H2. The molecule has 0 saturated carbocycles. The lowest BCUT2D eigenvalue weighted by atomic mass is 9.99. The van der Waals surface area contributed by atoms with Gasteiger partial charge in [0.05, 0.1) is 11.4 Å². The van der Waals surface area contributed by atoms with Gasteiger partial charge in [0.15, 0.2) is 0 Å². The van der Waals surface area contributed by atoms with Crippen molar-refractivity contribution in [2.24, 2.45) is 0 Å². The number of amides is 1. The molecule has 0 fully saturated rings. The van der Waals surface area contributed by atoms with E-state index in [-0.39, 0.29) is 11.7 Å². The maximum Gasteiger partial charge on any atom is 0.258 e. The number of anilines is 2. The van der Waals surface area contributed by atoms with Crippen LogP contribution in [0.3, 0.4) is 0 Å². The first kappa shape index (κ1) is 12.7. The van der Waals surface area contributed by atoms with Gasteiger partial charge in [-0.2, -0.15) is 0 Å². The average molecular weight is 270 g/mol. The molecule has 0 unspecified atom stereocenters. The van der Waals surface area contributed by atoms with Crippen LogP contribution >= 0.6 is 0 Å². The van der Waals surface area contributed by atoms with E-state index in [1.54, 1.807) is 11.0 Å². The first-order valence-electron chi connectivity index (χ1n) is 6.61. The van der Waals surface area contributed by atoms with Crippen LogP contribution < -0.4 is 10.6 Å². The van der Waals surface area contributed by atoms with E-state index in [0.29, 0.717) is 17.8 Å². The van der Waals surface area contributed by atoms with Crippen molar-refractivity contribution < 1.29 is 9.18 Å². The van der Waals surface area contributed by atoms with Gasteiger partial charge in [-0.25, -0.2) is 4.39 Å². The molecule has 1 amide bonds. The number of hydrogen-bond acceptors (Lipinski definition) is 2. The Labute approximate surface area is 116 Å². The number of halogens is 1. The van der Waals surface area contributed by atoms with Gasteiger partial charge < -0.3 is 10.6 Å². The first-order valence-corrected chi connectivity index (χ1v) is 6.61. The number of hydrogen-bond donors (Lipinski definition) is 1. The van der Waals surface area contributed by atoms with E-state index in [1.165, 1.54) is 24.3 Å². The molecular formula is C16H15FN2O. The Kier molecular flexibility index (Phi) is 3.14. The topological polar surface area (TPSA) is 46.3 Å². The molecule has 4 heteroatoms. The molecule has 20 heavy (non-hydrogen) atoms. The lowest BCUT2D eigenvalue weighted by Crippen LogP contribution is -2.36. The number of carbonyl (C=O) groups is 1. The summed E-state index contributed by atoms with van der Waals surface area (Å²) in [6, 6.07) is 11.3. The summed E-state index contributed by atoms with van der Waals surface area (Å²) in [5.74, 6) is -0.482. The van der Waals surface area contributed by atoms with Crippen molar-refractivity contribution in [2.45, 2.75) is 12.8 Å². The number of aryl methyl sites for hydroxylation is 1. The highest BCUT2D eigenvalue weighted by molar-refractivity contribution is 6.08. The lowest BCUT2D eigenvalue weighted by molar-refractivity contribution is 0.0985. The minimum atomic E-state index is -0.347. The van der Waals surface area contributed by atoms with Crippen LogP contribution in [0.25, 0.3) is 0 Å². The molecule has 1 heterocycles. The third-order valence-electron chi connectivity index (χ3n) is 3.58. The fraction of sp³-hybridized carbons (Fsp3) is 0.188. The van der Waals surface area contributed by atoms with Crippen LogP contribution in [0.5, 0.6) is 0 Å². The highest BCUT2D eigenvalue weighted by Crippen LogP contribution is 2.33. The molecule has 0 aliphatic carbocycles. The molecule has 0 radical (unpaired) electrons. The van der Waals surface area contributed by atoms with E-state index in [4.69, 9.17) is 5.73 Å². The molecule has 0 bridgehead atoms. The summed E-state index contributed by atoms with van der Waals surface area (Å²) in [4.78, 5) is 14.3. The normalized spacial score (nSPS) is 13.9. The van der Waals surface area contributed by atoms with Crippen molar-refractivity contribution in [1.82, 2.24) is 0 Å². The maximum absolute atomic E-state index is 13.0. The number of benzene rings is 2. The van der Waals surface area contributed by atoms with E-state index in [2.05, 4.69) is 0 Å². The molecule has 0 spiro atoms. The van der Waals surface area contributed by atoms with Crippen LogP contribution in [0, 0.1) is 5.82 Å². The van der Waals surface area contributed by atoms with Crippen molar-refractivity contribution in [2.75, 3.05) is 17.2 Å². The smallest absolute Gasteiger partial charge is 0.258 e. The molecule has 3 nitrogen and oxygen atoms in total. The predicted octanol–water partition coefficient (Wildman–Crippen LogP) is 3.00. The van der Waals surface area contributed by atoms with Gasteiger partial charge in [0, 0.05) is 12.1 Å². The second-order valence-electron chi connectivity index (χ2n) is 4.92. The minimum absolute atomic E-state index is 0.135. The summed E-state index contributed by atoms with van der Waals surface area (Å²) < 4.78 is 13.0. The molecule has 102 valence electrons. The largest absolute Gasteiger partial charge is 0.397 e. The average Bonchev–Trinajstić information content (AvgIpc) is 2.47. The van der Waals surface area contributed by atoms with Crippen LogP contribution in [-0.2, 0) is 6.42 Å². The molecule has 2 aromatic rings. The first-order chi connectivity index (χ1) is 9.66. The van der Waals surface area contributed by atoms with Crippen molar-refractivity contribution >= 4 is 17.3 Å². The van der Waals surface area contributed by atoms with Crippen molar-refractivity contribution in [3.8, 4) is 0 Å². The van der Waals surface area contributed by atoms with Gasteiger partial charge >= 0.3 is 0 Å². The SMILES string of the molecule is Nc1cccc2c1N(C(=O)c1ccc(F)cc1)CCC2. The summed E-state index contributed by atoms with van der Waals surface area (Å²) in [5.41, 5.74) is 8.99. The Morgan fingerprint density at radius 3 is 2.65 bits per heavy atom. The van der Waals surface area contributed by atoms with Gasteiger partial charge in [0.2, 0.25) is 0 Å². The Balaban J connectivity index is 2.00. The Hall–Kier alpha value is -2.36.